The summed E-state index contributed by atoms with van der Waals surface area (Å²) in [7, 11) is 0. The molecule has 5 nitrogen and oxygen atoms in total. The second kappa shape index (κ2) is 7.04. The molecule has 0 bridgehead atoms. The van der Waals surface area contributed by atoms with Crippen LogP contribution in [0.4, 0.5) is 0 Å². The predicted molar refractivity (Wildman–Crippen MR) is 105 cm³/mol. The molecule has 0 aliphatic heterocycles. The molecule has 0 unspecified atom stereocenters. The Morgan fingerprint density at radius 2 is 1.92 bits per heavy atom. The quantitative estimate of drug-likeness (QED) is 0.420. The summed E-state index contributed by atoms with van der Waals surface area (Å²) in [6.07, 6.45) is 1.50. The molecule has 7 heteroatoms. The number of hydrazone groups is 1. The fourth-order valence-electron chi connectivity index (χ4n) is 2.54. The molecule has 0 aliphatic carbocycles. The van der Waals surface area contributed by atoms with Crippen LogP contribution in [0.15, 0.2) is 53.6 Å². The maximum Gasteiger partial charge on any atom is 0.263 e. The van der Waals surface area contributed by atoms with E-state index in [1.807, 2.05) is 43.3 Å². The molecule has 0 spiro atoms. The van der Waals surface area contributed by atoms with Gasteiger partial charge in [0.15, 0.2) is 5.11 Å². The zero-order valence-electron chi connectivity index (χ0n) is 13.4. The van der Waals surface area contributed by atoms with Crippen molar-refractivity contribution in [1.29, 1.82) is 0 Å². The van der Waals surface area contributed by atoms with Gasteiger partial charge in [0.25, 0.3) is 5.91 Å². The lowest BCUT2D eigenvalue weighted by Crippen LogP contribution is -2.24. The number of para-hydroxylation sites is 1. The Morgan fingerprint density at radius 3 is 2.60 bits per heavy atom. The summed E-state index contributed by atoms with van der Waals surface area (Å²) in [5.41, 5.74) is 10.8. The first-order valence-electron chi connectivity index (χ1n) is 7.48. The summed E-state index contributed by atoms with van der Waals surface area (Å²) in [5, 5.41) is 5.09. The Bertz CT molecular complexity index is 992. The number of nitrogens with one attached hydrogen (secondary N) is 1. The number of rotatable bonds is 3. The van der Waals surface area contributed by atoms with Gasteiger partial charge in [-0.15, -0.1) is 0 Å². The summed E-state index contributed by atoms with van der Waals surface area (Å²) in [5.74, 6) is -0.205. The molecule has 0 amide bonds. The fourth-order valence-corrected chi connectivity index (χ4v) is 2.91. The molecule has 0 saturated heterocycles. The van der Waals surface area contributed by atoms with E-state index in [9.17, 15) is 4.79 Å². The second-order valence-corrected chi connectivity index (χ2v) is 6.26. The third-order valence-electron chi connectivity index (χ3n) is 3.72. The summed E-state index contributed by atoms with van der Waals surface area (Å²) in [6.45, 7) is 1.97. The first kappa shape index (κ1) is 17.1. The van der Waals surface area contributed by atoms with Crippen LogP contribution in [0.25, 0.3) is 10.9 Å². The van der Waals surface area contributed by atoms with Crippen molar-refractivity contribution in [3.8, 4) is 0 Å². The summed E-state index contributed by atoms with van der Waals surface area (Å²) in [6, 6.07) is 14.8. The third kappa shape index (κ3) is 3.40. The number of thiocarbonyl (C=S) groups is 1. The Hall–Kier alpha value is -2.70. The standard InChI is InChI=1S/C18H15ClN4OS/c1-11-6-8-12(9-7-11)17(24)23-15-5-3-2-4-13(15)14(16(23)19)10-21-22-18(20)25/h2-10H,1H3,(H3,20,22,25)/b21-10+. The van der Waals surface area contributed by atoms with Crippen molar-refractivity contribution in [3.63, 3.8) is 0 Å². The molecule has 3 N–H and O–H groups in total. The zero-order valence-corrected chi connectivity index (χ0v) is 14.9. The lowest BCUT2D eigenvalue weighted by molar-refractivity contribution is 0.0965. The Balaban J connectivity index is 2.13. The molecule has 0 saturated carbocycles. The van der Waals surface area contributed by atoms with Gasteiger partial charge in [-0.25, -0.2) is 0 Å². The average molecular weight is 371 g/mol. The number of hydrogen-bond donors (Lipinski definition) is 2. The van der Waals surface area contributed by atoms with E-state index in [4.69, 9.17) is 29.6 Å². The van der Waals surface area contributed by atoms with Crippen LogP contribution < -0.4 is 11.2 Å². The van der Waals surface area contributed by atoms with Gasteiger partial charge in [0.05, 0.1) is 11.7 Å². The summed E-state index contributed by atoms with van der Waals surface area (Å²) in [4.78, 5) is 13.0. The molecular weight excluding hydrogens is 356 g/mol. The van der Waals surface area contributed by atoms with Crippen molar-refractivity contribution >= 4 is 52.0 Å². The van der Waals surface area contributed by atoms with E-state index in [0.29, 0.717) is 16.6 Å². The van der Waals surface area contributed by atoms with Gasteiger partial charge in [0.2, 0.25) is 0 Å². The van der Waals surface area contributed by atoms with E-state index in [0.717, 1.165) is 10.9 Å². The highest BCUT2D eigenvalue weighted by Crippen LogP contribution is 2.29. The van der Waals surface area contributed by atoms with Gasteiger partial charge in [0.1, 0.15) is 5.15 Å². The lowest BCUT2D eigenvalue weighted by Gasteiger charge is -2.06. The molecule has 3 rings (SSSR count). The van der Waals surface area contributed by atoms with Gasteiger partial charge >= 0.3 is 0 Å². The molecule has 1 heterocycles. The van der Waals surface area contributed by atoms with Gasteiger partial charge in [-0.2, -0.15) is 5.10 Å². The van der Waals surface area contributed by atoms with Crippen LogP contribution >= 0.6 is 23.8 Å². The van der Waals surface area contributed by atoms with Gasteiger partial charge in [-0.1, -0.05) is 47.5 Å². The van der Waals surface area contributed by atoms with Crippen molar-refractivity contribution in [2.75, 3.05) is 0 Å². The number of nitrogens with zero attached hydrogens (tertiary/aromatic N) is 2. The molecular formula is C18H15ClN4OS. The SMILES string of the molecule is Cc1ccc(C(=O)n2c(Cl)c(/C=N/NC(N)=S)c3ccccc32)cc1. The molecule has 126 valence electrons. The van der Waals surface area contributed by atoms with Crippen LogP contribution in [0.5, 0.6) is 0 Å². The van der Waals surface area contributed by atoms with Gasteiger partial charge < -0.3 is 5.73 Å². The van der Waals surface area contributed by atoms with Crippen molar-refractivity contribution < 1.29 is 4.79 Å². The molecule has 0 radical (unpaired) electrons. The number of nitrogens with two attached hydrogens (primary N) is 1. The number of halogens is 1. The Morgan fingerprint density at radius 1 is 1.24 bits per heavy atom. The molecule has 0 aliphatic rings. The highest BCUT2D eigenvalue weighted by atomic mass is 35.5. The molecule has 3 aromatic rings. The average Bonchev–Trinajstić information content (AvgIpc) is 2.87. The summed E-state index contributed by atoms with van der Waals surface area (Å²) < 4.78 is 1.48. The van der Waals surface area contributed by atoms with Crippen molar-refractivity contribution in [3.05, 3.63) is 70.4 Å². The minimum Gasteiger partial charge on any atom is -0.375 e. The van der Waals surface area contributed by atoms with Crippen LogP contribution in [0.1, 0.15) is 21.5 Å². The van der Waals surface area contributed by atoms with Crippen LogP contribution in [0.3, 0.4) is 0 Å². The van der Waals surface area contributed by atoms with Crippen LogP contribution in [0.2, 0.25) is 5.15 Å². The number of aryl methyl sites for hydroxylation is 1. The Kier molecular flexibility index (Phi) is 4.83. The first-order chi connectivity index (χ1) is 12.0. The minimum absolute atomic E-state index is 0.0480. The number of aromatic nitrogens is 1. The topological polar surface area (TPSA) is 72.4 Å². The second-order valence-electron chi connectivity index (χ2n) is 5.46. The lowest BCUT2D eigenvalue weighted by atomic mass is 10.1. The molecule has 1 aromatic heterocycles. The normalized spacial score (nSPS) is 11.1. The van der Waals surface area contributed by atoms with E-state index in [1.165, 1.54) is 10.8 Å². The third-order valence-corrected chi connectivity index (χ3v) is 4.19. The van der Waals surface area contributed by atoms with Gasteiger partial charge in [-0.3, -0.25) is 14.8 Å². The fraction of sp³-hybridized carbons (Fsp3) is 0.0556. The van der Waals surface area contributed by atoms with E-state index in [1.54, 1.807) is 12.1 Å². The smallest absolute Gasteiger partial charge is 0.263 e. The van der Waals surface area contributed by atoms with E-state index in [-0.39, 0.29) is 16.2 Å². The largest absolute Gasteiger partial charge is 0.375 e. The van der Waals surface area contributed by atoms with Crippen LogP contribution in [0, 0.1) is 6.92 Å². The summed E-state index contributed by atoms with van der Waals surface area (Å²) >= 11 is 11.2. The van der Waals surface area contributed by atoms with E-state index >= 15 is 0 Å². The van der Waals surface area contributed by atoms with E-state index < -0.39 is 0 Å². The first-order valence-corrected chi connectivity index (χ1v) is 8.26. The maximum atomic E-state index is 13.0. The maximum absolute atomic E-state index is 13.0. The minimum atomic E-state index is -0.205. The highest BCUT2D eigenvalue weighted by Gasteiger charge is 2.20. The van der Waals surface area contributed by atoms with Crippen molar-refractivity contribution in [1.82, 2.24) is 9.99 Å². The Labute approximate surface area is 155 Å². The number of benzene rings is 2. The van der Waals surface area contributed by atoms with Crippen molar-refractivity contribution in [2.45, 2.75) is 6.92 Å². The highest BCUT2D eigenvalue weighted by molar-refractivity contribution is 7.80. The van der Waals surface area contributed by atoms with Gasteiger partial charge in [-0.05, 0) is 37.3 Å². The monoisotopic (exact) mass is 370 g/mol. The number of fused-ring (bicyclic) bond motifs is 1. The van der Waals surface area contributed by atoms with Crippen LogP contribution in [-0.2, 0) is 0 Å². The molecule has 0 fully saturated rings. The van der Waals surface area contributed by atoms with Crippen molar-refractivity contribution in [2.24, 2.45) is 10.8 Å². The van der Waals surface area contributed by atoms with Gasteiger partial charge in [0, 0.05) is 16.5 Å². The number of hydrogen-bond acceptors (Lipinski definition) is 3. The predicted octanol–water partition coefficient (Wildman–Crippen LogP) is 3.46. The van der Waals surface area contributed by atoms with E-state index in [2.05, 4.69) is 10.5 Å². The molecule has 25 heavy (non-hydrogen) atoms. The number of carbonyl (C=O) groups excluding carboxylic acids is 1. The molecule has 0 atom stereocenters. The zero-order chi connectivity index (χ0) is 18.0. The van der Waals surface area contributed by atoms with Crippen LogP contribution in [-0.4, -0.2) is 21.8 Å². The number of carbonyl (C=O) groups is 1. The molecule has 2 aromatic carbocycles.